The molecule has 0 aromatic heterocycles. The molecule has 6 heteroatoms. The van der Waals surface area contributed by atoms with Crippen LogP contribution >= 0.6 is 0 Å². The van der Waals surface area contributed by atoms with Gasteiger partial charge in [-0.05, 0) is 31.0 Å². The van der Waals surface area contributed by atoms with Crippen LogP contribution in [0.2, 0.25) is 0 Å². The maximum Gasteiger partial charge on any atom is 0.242 e. The largest absolute Gasteiger partial charge is 0.397 e. The number of rotatable bonds is 5. The summed E-state index contributed by atoms with van der Waals surface area (Å²) in [4.78, 5) is 23.2. The Bertz CT molecular complexity index is 542. The van der Waals surface area contributed by atoms with Crippen molar-refractivity contribution in [2.75, 3.05) is 22.9 Å². The smallest absolute Gasteiger partial charge is 0.242 e. The number of benzene rings is 1. The summed E-state index contributed by atoms with van der Waals surface area (Å²) in [6.07, 6.45) is 1.25. The Morgan fingerprint density at radius 2 is 2.25 bits per heavy atom. The second-order valence-electron chi connectivity index (χ2n) is 4.98. The molecule has 20 heavy (non-hydrogen) atoms. The minimum Gasteiger partial charge on any atom is -0.397 e. The fraction of sp³-hybridized carbons (Fsp3) is 0.429. The van der Waals surface area contributed by atoms with E-state index in [9.17, 15) is 9.59 Å². The van der Waals surface area contributed by atoms with Gasteiger partial charge in [-0.3, -0.25) is 9.59 Å². The quantitative estimate of drug-likeness (QED) is 0.605. The van der Waals surface area contributed by atoms with Crippen LogP contribution in [0.1, 0.15) is 25.8 Å². The molecule has 1 aromatic rings. The average Bonchev–Trinajstić information content (AvgIpc) is 2.75. The van der Waals surface area contributed by atoms with Crippen LogP contribution in [0, 0.1) is 0 Å². The van der Waals surface area contributed by atoms with E-state index in [1.807, 2.05) is 6.92 Å². The van der Waals surface area contributed by atoms with Gasteiger partial charge in [-0.1, -0.05) is 6.92 Å². The Balaban J connectivity index is 2.08. The topological polar surface area (TPSA) is 96.2 Å². The third kappa shape index (κ3) is 3.01. The number of nitrogen functional groups attached to an aromatic ring is 1. The van der Waals surface area contributed by atoms with Crippen LogP contribution in [-0.4, -0.2) is 24.4 Å². The van der Waals surface area contributed by atoms with Gasteiger partial charge in [0, 0.05) is 12.2 Å². The fourth-order valence-corrected chi connectivity index (χ4v) is 2.12. The summed E-state index contributed by atoms with van der Waals surface area (Å²) in [6, 6.07) is 3.16. The van der Waals surface area contributed by atoms with E-state index in [1.54, 1.807) is 19.1 Å². The zero-order chi connectivity index (χ0) is 14.7. The third-order valence-electron chi connectivity index (χ3n) is 3.21. The molecule has 0 fully saturated rings. The number of hydrogen-bond acceptors (Lipinski definition) is 4. The van der Waals surface area contributed by atoms with Crippen LogP contribution in [0.15, 0.2) is 12.1 Å². The normalized spacial score (nSPS) is 14.4. The number of carbonyl (C=O) groups excluding carboxylic acids is 2. The van der Waals surface area contributed by atoms with E-state index >= 15 is 0 Å². The van der Waals surface area contributed by atoms with E-state index in [4.69, 9.17) is 5.73 Å². The molecule has 2 rings (SSSR count). The van der Waals surface area contributed by atoms with Gasteiger partial charge < -0.3 is 21.7 Å². The first-order valence-corrected chi connectivity index (χ1v) is 6.77. The van der Waals surface area contributed by atoms with Gasteiger partial charge in [0.25, 0.3) is 0 Å². The second kappa shape index (κ2) is 5.81. The molecule has 0 saturated carbocycles. The summed E-state index contributed by atoms with van der Waals surface area (Å²) in [7, 11) is 0. The Hall–Kier alpha value is -2.24. The van der Waals surface area contributed by atoms with Crippen LogP contribution in [-0.2, 0) is 16.0 Å². The van der Waals surface area contributed by atoms with Crippen molar-refractivity contribution in [2.24, 2.45) is 0 Å². The van der Waals surface area contributed by atoms with Crippen molar-refractivity contribution in [3.8, 4) is 0 Å². The summed E-state index contributed by atoms with van der Waals surface area (Å²) in [5.41, 5.74) is 8.80. The highest BCUT2D eigenvalue weighted by Gasteiger charge is 2.20. The van der Waals surface area contributed by atoms with Crippen molar-refractivity contribution in [2.45, 2.75) is 32.7 Å². The van der Waals surface area contributed by atoms with Gasteiger partial charge in [0.2, 0.25) is 11.8 Å². The molecule has 2 amide bonds. The van der Waals surface area contributed by atoms with Gasteiger partial charge in [0.15, 0.2) is 0 Å². The maximum atomic E-state index is 11.8. The molecule has 0 saturated heterocycles. The average molecular weight is 276 g/mol. The van der Waals surface area contributed by atoms with Crippen molar-refractivity contribution in [1.82, 2.24) is 5.32 Å². The molecule has 5 N–H and O–H groups in total. The van der Waals surface area contributed by atoms with E-state index in [0.717, 1.165) is 17.7 Å². The van der Waals surface area contributed by atoms with Crippen molar-refractivity contribution in [1.29, 1.82) is 0 Å². The number of amides is 2. The molecule has 108 valence electrons. The highest BCUT2D eigenvalue weighted by Crippen LogP contribution is 2.31. The summed E-state index contributed by atoms with van der Waals surface area (Å²) < 4.78 is 0. The van der Waals surface area contributed by atoms with Gasteiger partial charge in [0.1, 0.15) is 6.04 Å². The predicted molar refractivity (Wildman–Crippen MR) is 79.6 cm³/mol. The van der Waals surface area contributed by atoms with Crippen LogP contribution < -0.4 is 21.7 Å². The lowest BCUT2D eigenvalue weighted by molar-refractivity contribution is -0.121. The van der Waals surface area contributed by atoms with Gasteiger partial charge in [-0.25, -0.2) is 0 Å². The number of carbonyl (C=O) groups is 2. The second-order valence-corrected chi connectivity index (χ2v) is 4.98. The Kier molecular flexibility index (Phi) is 4.12. The predicted octanol–water partition coefficient (Wildman–Crippen LogP) is 1.09. The fourth-order valence-electron chi connectivity index (χ4n) is 2.12. The first-order chi connectivity index (χ1) is 9.51. The van der Waals surface area contributed by atoms with Crippen molar-refractivity contribution in [3.63, 3.8) is 0 Å². The number of fused-ring (bicyclic) bond motifs is 1. The molecule has 1 aliphatic heterocycles. The number of nitrogens with one attached hydrogen (secondary N) is 3. The van der Waals surface area contributed by atoms with Crippen LogP contribution in [0.25, 0.3) is 0 Å². The van der Waals surface area contributed by atoms with Crippen LogP contribution in [0.4, 0.5) is 17.1 Å². The minimum absolute atomic E-state index is 0.0368. The zero-order valence-corrected chi connectivity index (χ0v) is 11.7. The molecular weight excluding hydrogens is 256 g/mol. The standard InChI is InChI=1S/C14H20N4O2/c1-3-4-16-14(20)8(2)17-12-7-11-9(5-10(12)15)6-13(19)18-11/h5,7-8,17H,3-4,6,15H2,1-2H3,(H,16,20)(H,18,19). The zero-order valence-electron chi connectivity index (χ0n) is 11.7. The Labute approximate surface area is 118 Å². The molecular formula is C14H20N4O2. The van der Waals surface area contributed by atoms with E-state index in [-0.39, 0.29) is 17.9 Å². The molecule has 1 aliphatic rings. The van der Waals surface area contributed by atoms with Crippen molar-refractivity contribution in [3.05, 3.63) is 17.7 Å². The molecule has 0 bridgehead atoms. The van der Waals surface area contributed by atoms with Crippen molar-refractivity contribution < 1.29 is 9.59 Å². The van der Waals surface area contributed by atoms with Gasteiger partial charge in [-0.2, -0.15) is 0 Å². The van der Waals surface area contributed by atoms with E-state index < -0.39 is 0 Å². The van der Waals surface area contributed by atoms with Crippen LogP contribution in [0.5, 0.6) is 0 Å². The number of anilines is 3. The van der Waals surface area contributed by atoms with Gasteiger partial charge in [0.05, 0.1) is 17.8 Å². The number of nitrogens with two attached hydrogens (primary N) is 1. The lowest BCUT2D eigenvalue weighted by Crippen LogP contribution is -2.38. The molecule has 1 atom stereocenters. The third-order valence-corrected chi connectivity index (χ3v) is 3.21. The highest BCUT2D eigenvalue weighted by atomic mass is 16.2. The molecule has 1 heterocycles. The first kappa shape index (κ1) is 14.2. The molecule has 6 nitrogen and oxygen atoms in total. The summed E-state index contributed by atoms with van der Waals surface area (Å²) in [6.45, 7) is 4.43. The summed E-state index contributed by atoms with van der Waals surface area (Å²) >= 11 is 0. The lowest BCUT2D eigenvalue weighted by Gasteiger charge is -2.17. The van der Waals surface area contributed by atoms with E-state index in [1.165, 1.54) is 0 Å². The molecule has 1 aromatic carbocycles. The lowest BCUT2D eigenvalue weighted by atomic mass is 10.1. The number of hydrogen-bond donors (Lipinski definition) is 4. The van der Waals surface area contributed by atoms with Crippen LogP contribution in [0.3, 0.4) is 0 Å². The Morgan fingerprint density at radius 3 is 2.95 bits per heavy atom. The first-order valence-electron chi connectivity index (χ1n) is 6.77. The molecule has 1 unspecified atom stereocenters. The van der Waals surface area contributed by atoms with E-state index in [2.05, 4.69) is 16.0 Å². The summed E-state index contributed by atoms with van der Waals surface area (Å²) in [5.74, 6) is -0.110. The molecule has 0 spiro atoms. The van der Waals surface area contributed by atoms with E-state index in [0.29, 0.717) is 24.3 Å². The summed E-state index contributed by atoms with van der Waals surface area (Å²) in [5, 5.41) is 8.66. The van der Waals surface area contributed by atoms with Crippen molar-refractivity contribution >= 4 is 28.9 Å². The highest BCUT2D eigenvalue weighted by molar-refractivity contribution is 6.01. The van der Waals surface area contributed by atoms with Gasteiger partial charge >= 0.3 is 0 Å². The van der Waals surface area contributed by atoms with Gasteiger partial charge in [-0.15, -0.1) is 0 Å². The molecule has 0 aliphatic carbocycles. The SMILES string of the molecule is CCCNC(=O)C(C)Nc1cc2c(cc1N)CC(=O)N2. The monoisotopic (exact) mass is 276 g/mol. The Morgan fingerprint density at radius 1 is 1.50 bits per heavy atom. The maximum absolute atomic E-state index is 11.8. The minimum atomic E-state index is -0.390. The molecule has 0 radical (unpaired) electrons.